The lowest BCUT2D eigenvalue weighted by molar-refractivity contribution is -0.136. The zero-order valence-corrected chi connectivity index (χ0v) is 14.8. The molecule has 0 aliphatic carbocycles. The van der Waals surface area contributed by atoms with Crippen LogP contribution in [-0.2, 0) is 22.6 Å². The fourth-order valence-corrected chi connectivity index (χ4v) is 3.48. The minimum absolute atomic E-state index is 0.00428. The lowest BCUT2D eigenvalue weighted by Crippen LogP contribution is -2.24. The minimum Gasteiger partial charge on any atom is -0.481 e. The molecule has 0 bridgehead atoms. The smallest absolute Gasteiger partial charge is 0.307 e. The molecule has 0 radical (unpaired) electrons. The van der Waals surface area contributed by atoms with E-state index in [1.165, 1.54) is 0 Å². The van der Waals surface area contributed by atoms with E-state index in [1.807, 2.05) is 47.4 Å². The molecule has 0 aromatic heterocycles. The van der Waals surface area contributed by atoms with Gasteiger partial charge in [-0.05, 0) is 40.8 Å². The van der Waals surface area contributed by atoms with Gasteiger partial charge in [0, 0.05) is 24.0 Å². The molecule has 3 rings (SSSR count). The number of carboxylic acid groups (broad SMARTS) is 1. The number of hydrogen-bond acceptors (Lipinski definition) is 2. The van der Waals surface area contributed by atoms with Crippen LogP contribution in [0.3, 0.4) is 0 Å². The van der Waals surface area contributed by atoms with Crippen LogP contribution < -0.4 is 0 Å². The number of hydrogen-bond donors (Lipinski definition) is 1. The first-order valence-electron chi connectivity index (χ1n) is 7.90. The molecule has 0 spiro atoms. The fraction of sp³-hybridized carbons (Fsp3) is 0.263. The highest BCUT2D eigenvalue weighted by atomic mass is 79.9. The third-order valence-electron chi connectivity index (χ3n) is 4.19. The first kappa shape index (κ1) is 16.7. The van der Waals surface area contributed by atoms with E-state index in [1.54, 1.807) is 0 Å². The second-order valence-electron chi connectivity index (χ2n) is 5.99. The summed E-state index contributed by atoms with van der Waals surface area (Å²) in [6.45, 7) is 1.38. The maximum atomic E-state index is 11.9. The molecule has 1 heterocycles. The molecule has 124 valence electrons. The second-order valence-corrected chi connectivity index (χ2v) is 6.91. The maximum absolute atomic E-state index is 11.9. The predicted molar refractivity (Wildman–Crippen MR) is 95.6 cm³/mol. The molecule has 1 aliphatic rings. The molecule has 1 aliphatic heterocycles. The number of carbonyl (C=O) groups excluding carboxylic acids is 1. The molecule has 2 aromatic rings. The molecule has 1 N–H and O–H groups in total. The molecule has 5 heteroatoms. The molecule has 24 heavy (non-hydrogen) atoms. The Bertz CT molecular complexity index is 788. The lowest BCUT2D eigenvalue weighted by Gasteiger charge is -2.19. The van der Waals surface area contributed by atoms with Gasteiger partial charge in [-0.25, -0.2) is 0 Å². The summed E-state index contributed by atoms with van der Waals surface area (Å²) in [5.74, 6) is -0.647. The van der Waals surface area contributed by atoms with Crippen LogP contribution in [0.15, 0.2) is 46.9 Å². The summed E-state index contributed by atoms with van der Waals surface area (Å²) >= 11 is 3.50. The van der Waals surface area contributed by atoms with E-state index < -0.39 is 5.97 Å². The molecule has 1 saturated heterocycles. The number of carboxylic acids is 1. The van der Waals surface area contributed by atoms with Crippen molar-refractivity contribution in [2.24, 2.45) is 0 Å². The topological polar surface area (TPSA) is 57.6 Å². The Balaban J connectivity index is 1.95. The number of rotatable bonds is 5. The Morgan fingerprint density at radius 3 is 2.75 bits per heavy atom. The van der Waals surface area contributed by atoms with Gasteiger partial charge >= 0.3 is 5.97 Å². The molecule has 1 fully saturated rings. The van der Waals surface area contributed by atoms with Crippen LogP contribution >= 0.6 is 15.9 Å². The van der Waals surface area contributed by atoms with Crippen LogP contribution in [0.5, 0.6) is 0 Å². The van der Waals surface area contributed by atoms with Crippen LogP contribution in [0, 0.1) is 0 Å². The van der Waals surface area contributed by atoms with Gasteiger partial charge in [0.2, 0.25) is 5.91 Å². The van der Waals surface area contributed by atoms with Crippen LogP contribution in [0.2, 0.25) is 0 Å². The van der Waals surface area contributed by atoms with E-state index in [-0.39, 0.29) is 12.3 Å². The van der Waals surface area contributed by atoms with Crippen molar-refractivity contribution in [3.8, 4) is 11.1 Å². The van der Waals surface area contributed by atoms with Gasteiger partial charge in [-0.3, -0.25) is 9.59 Å². The third-order valence-corrected chi connectivity index (χ3v) is 4.69. The number of benzene rings is 2. The molecule has 4 nitrogen and oxygen atoms in total. The largest absolute Gasteiger partial charge is 0.481 e. The monoisotopic (exact) mass is 387 g/mol. The second kappa shape index (κ2) is 7.18. The quantitative estimate of drug-likeness (QED) is 0.846. The summed E-state index contributed by atoms with van der Waals surface area (Å²) in [6, 6.07) is 13.6. The van der Waals surface area contributed by atoms with Gasteiger partial charge in [0.05, 0.1) is 6.42 Å². The number of amides is 1. The highest BCUT2D eigenvalue weighted by Gasteiger charge is 2.21. The van der Waals surface area contributed by atoms with Crippen molar-refractivity contribution in [1.29, 1.82) is 0 Å². The molecular weight excluding hydrogens is 370 g/mol. The molecule has 0 saturated carbocycles. The average Bonchev–Trinajstić information content (AvgIpc) is 2.92. The van der Waals surface area contributed by atoms with Crippen molar-refractivity contribution < 1.29 is 14.7 Å². The van der Waals surface area contributed by atoms with Gasteiger partial charge < -0.3 is 10.0 Å². The molecule has 0 atom stereocenters. The highest BCUT2D eigenvalue weighted by molar-refractivity contribution is 9.10. The van der Waals surface area contributed by atoms with Gasteiger partial charge in [0.1, 0.15) is 0 Å². The lowest BCUT2D eigenvalue weighted by atomic mass is 9.97. The van der Waals surface area contributed by atoms with Crippen LogP contribution in [-0.4, -0.2) is 28.4 Å². The molecule has 0 unspecified atom stereocenters. The van der Waals surface area contributed by atoms with Gasteiger partial charge in [0.25, 0.3) is 0 Å². The minimum atomic E-state index is -0.842. The molecule has 1 amide bonds. The third kappa shape index (κ3) is 3.85. The van der Waals surface area contributed by atoms with E-state index in [0.29, 0.717) is 13.0 Å². The van der Waals surface area contributed by atoms with Gasteiger partial charge in [-0.2, -0.15) is 0 Å². The zero-order chi connectivity index (χ0) is 17.1. The van der Waals surface area contributed by atoms with E-state index >= 15 is 0 Å². The van der Waals surface area contributed by atoms with Crippen molar-refractivity contribution in [1.82, 2.24) is 4.90 Å². The van der Waals surface area contributed by atoms with Crippen molar-refractivity contribution in [3.63, 3.8) is 0 Å². The summed E-state index contributed by atoms with van der Waals surface area (Å²) in [4.78, 5) is 24.8. The van der Waals surface area contributed by atoms with Gasteiger partial charge in [-0.15, -0.1) is 0 Å². The first-order valence-corrected chi connectivity index (χ1v) is 8.69. The Labute approximate surface area is 149 Å². The Morgan fingerprint density at radius 2 is 2.04 bits per heavy atom. The SMILES string of the molecule is O=C(O)Cc1cccc(-c2ccc(Br)cc2CN2CCCC2=O)c1. The number of aliphatic carboxylic acids is 1. The van der Waals surface area contributed by atoms with Crippen molar-refractivity contribution in [2.75, 3.05) is 6.54 Å². The summed E-state index contributed by atoms with van der Waals surface area (Å²) in [5.41, 5.74) is 3.84. The predicted octanol–water partition coefficient (Wildman–Crippen LogP) is 3.87. The Hall–Kier alpha value is -2.14. The van der Waals surface area contributed by atoms with Crippen LogP contribution in [0.25, 0.3) is 11.1 Å². The fourth-order valence-electron chi connectivity index (χ4n) is 3.07. The highest BCUT2D eigenvalue weighted by Crippen LogP contribution is 2.29. The first-order chi connectivity index (χ1) is 11.5. The van der Waals surface area contributed by atoms with E-state index in [9.17, 15) is 9.59 Å². The number of carbonyl (C=O) groups is 2. The standard InChI is InChI=1S/C19H18BrNO3/c20-16-6-7-17(14-4-1-3-13(9-14)10-19(23)24)15(11-16)12-21-8-2-5-18(21)22/h1,3-4,6-7,9,11H,2,5,8,10,12H2,(H,23,24). The summed E-state index contributed by atoms with van der Waals surface area (Å²) in [5, 5.41) is 8.99. The van der Waals surface area contributed by atoms with Crippen molar-refractivity contribution in [2.45, 2.75) is 25.8 Å². The Morgan fingerprint density at radius 1 is 1.21 bits per heavy atom. The zero-order valence-electron chi connectivity index (χ0n) is 13.2. The number of likely N-dealkylation sites (tertiary alicyclic amines) is 1. The van der Waals surface area contributed by atoms with E-state index in [0.717, 1.165) is 39.7 Å². The van der Waals surface area contributed by atoms with Crippen LogP contribution in [0.1, 0.15) is 24.0 Å². The molecule has 2 aromatic carbocycles. The van der Waals surface area contributed by atoms with Gasteiger partial charge in [-0.1, -0.05) is 46.3 Å². The summed E-state index contributed by atoms with van der Waals surface area (Å²) < 4.78 is 0.967. The number of halogens is 1. The van der Waals surface area contributed by atoms with Crippen molar-refractivity contribution in [3.05, 3.63) is 58.1 Å². The maximum Gasteiger partial charge on any atom is 0.307 e. The van der Waals surface area contributed by atoms with Crippen molar-refractivity contribution >= 4 is 27.8 Å². The van der Waals surface area contributed by atoms with E-state index in [4.69, 9.17) is 5.11 Å². The Kier molecular flexibility index (Phi) is 5.00. The van der Waals surface area contributed by atoms with Gasteiger partial charge in [0.15, 0.2) is 0 Å². The summed E-state index contributed by atoms with van der Waals surface area (Å²) in [7, 11) is 0. The van der Waals surface area contributed by atoms with E-state index in [2.05, 4.69) is 15.9 Å². The van der Waals surface area contributed by atoms with Crippen LogP contribution in [0.4, 0.5) is 0 Å². The summed E-state index contributed by atoms with van der Waals surface area (Å²) in [6.07, 6.45) is 1.54. The average molecular weight is 388 g/mol. The molecular formula is C19H18BrNO3. The number of nitrogens with zero attached hydrogens (tertiary/aromatic N) is 1. The normalized spacial score (nSPS) is 14.2.